The average Bonchev–Trinajstić information content (AvgIpc) is 2.82. The Hall–Kier alpha value is -3.52. The van der Waals surface area contributed by atoms with Crippen molar-refractivity contribution in [3.63, 3.8) is 0 Å². The quantitative estimate of drug-likeness (QED) is 0.316. The molecular weight excluding hydrogens is 489 g/mol. The summed E-state index contributed by atoms with van der Waals surface area (Å²) in [7, 11) is 1.54. The summed E-state index contributed by atoms with van der Waals surface area (Å²) in [5, 5.41) is 4.88. The Labute approximate surface area is 198 Å². The van der Waals surface area contributed by atoms with Gasteiger partial charge in [0.05, 0.1) is 24.2 Å². The molecule has 0 saturated heterocycles. The van der Waals surface area contributed by atoms with Gasteiger partial charge in [0.25, 0.3) is 5.56 Å². The standard InChI is InChI=1S/C25H21BrFN3O3/c1-3-24-29-21-9-8-18(26)13-20(21)25(31)30(24)28-14-16-7-10-22(23(12-16)32-2)33-15-17-5-4-6-19(27)11-17/h4-14H,3,15H2,1-2H3. The summed E-state index contributed by atoms with van der Waals surface area (Å²) in [5.41, 5.74) is 1.82. The van der Waals surface area contributed by atoms with Crippen molar-refractivity contribution in [1.29, 1.82) is 0 Å². The molecular formula is C25H21BrFN3O3. The number of methoxy groups -OCH3 is 1. The van der Waals surface area contributed by atoms with Crippen LogP contribution in [0, 0.1) is 5.82 Å². The second kappa shape index (κ2) is 9.95. The minimum Gasteiger partial charge on any atom is -0.493 e. The van der Waals surface area contributed by atoms with Gasteiger partial charge in [-0.05, 0) is 59.7 Å². The van der Waals surface area contributed by atoms with Crippen LogP contribution in [-0.4, -0.2) is 23.0 Å². The molecule has 0 amide bonds. The molecule has 0 aliphatic carbocycles. The van der Waals surface area contributed by atoms with Crippen LogP contribution in [0.1, 0.15) is 23.9 Å². The Morgan fingerprint density at radius 2 is 1.97 bits per heavy atom. The fourth-order valence-corrected chi connectivity index (χ4v) is 3.70. The Kier molecular flexibility index (Phi) is 6.84. The predicted molar refractivity (Wildman–Crippen MR) is 130 cm³/mol. The van der Waals surface area contributed by atoms with Gasteiger partial charge in [0, 0.05) is 10.9 Å². The highest BCUT2D eigenvalue weighted by Gasteiger charge is 2.10. The highest BCUT2D eigenvalue weighted by Crippen LogP contribution is 2.28. The van der Waals surface area contributed by atoms with E-state index in [1.807, 2.05) is 13.0 Å². The topological polar surface area (TPSA) is 65.7 Å². The van der Waals surface area contributed by atoms with Crippen molar-refractivity contribution < 1.29 is 13.9 Å². The van der Waals surface area contributed by atoms with Gasteiger partial charge in [-0.25, -0.2) is 9.37 Å². The Bertz CT molecular complexity index is 1400. The summed E-state index contributed by atoms with van der Waals surface area (Å²) < 4.78 is 26.7. The van der Waals surface area contributed by atoms with Crippen LogP contribution in [0.5, 0.6) is 11.5 Å². The lowest BCUT2D eigenvalue weighted by Crippen LogP contribution is -2.22. The molecule has 0 aliphatic rings. The Balaban J connectivity index is 1.61. The van der Waals surface area contributed by atoms with Crippen LogP contribution in [0.3, 0.4) is 0 Å². The minimum atomic E-state index is -0.313. The van der Waals surface area contributed by atoms with E-state index in [0.29, 0.717) is 45.8 Å². The zero-order chi connectivity index (χ0) is 23.4. The first kappa shape index (κ1) is 22.7. The second-order valence-corrected chi connectivity index (χ2v) is 8.15. The van der Waals surface area contributed by atoms with E-state index < -0.39 is 0 Å². The molecule has 1 heterocycles. The molecule has 0 bridgehead atoms. The van der Waals surface area contributed by atoms with E-state index in [-0.39, 0.29) is 18.0 Å². The van der Waals surface area contributed by atoms with Crippen molar-refractivity contribution in [2.24, 2.45) is 5.10 Å². The number of benzene rings is 3. The van der Waals surface area contributed by atoms with Crippen LogP contribution in [-0.2, 0) is 13.0 Å². The lowest BCUT2D eigenvalue weighted by Gasteiger charge is -2.11. The predicted octanol–water partition coefficient (Wildman–Crippen LogP) is 5.33. The molecule has 0 N–H and O–H groups in total. The number of aromatic nitrogens is 2. The number of aryl methyl sites for hydroxylation is 1. The smallest absolute Gasteiger partial charge is 0.282 e. The summed E-state index contributed by atoms with van der Waals surface area (Å²) >= 11 is 3.40. The van der Waals surface area contributed by atoms with E-state index in [0.717, 1.165) is 4.47 Å². The Morgan fingerprint density at radius 3 is 2.73 bits per heavy atom. The van der Waals surface area contributed by atoms with Crippen LogP contribution >= 0.6 is 15.9 Å². The van der Waals surface area contributed by atoms with Crippen LogP contribution in [0.15, 0.2) is 75.0 Å². The number of hydrogen-bond acceptors (Lipinski definition) is 5. The number of rotatable bonds is 7. The van der Waals surface area contributed by atoms with Gasteiger partial charge < -0.3 is 9.47 Å². The van der Waals surface area contributed by atoms with Gasteiger partial charge in [-0.3, -0.25) is 4.79 Å². The Morgan fingerprint density at radius 1 is 1.12 bits per heavy atom. The molecule has 0 radical (unpaired) electrons. The largest absolute Gasteiger partial charge is 0.493 e. The molecule has 4 rings (SSSR count). The third-order valence-electron chi connectivity index (χ3n) is 4.98. The molecule has 4 aromatic rings. The van der Waals surface area contributed by atoms with Crippen LogP contribution in [0.2, 0.25) is 0 Å². The van der Waals surface area contributed by atoms with Gasteiger partial charge in [-0.15, -0.1) is 0 Å². The summed E-state index contributed by atoms with van der Waals surface area (Å²) in [6.45, 7) is 2.13. The van der Waals surface area contributed by atoms with E-state index in [2.05, 4.69) is 26.0 Å². The molecule has 168 valence electrons. The highest BCUT2D eigenvalue weighted by atomic mass is 79.9. The van der Waals surface area contributed by atoms with Crippen molar-refractivity contribution in [2.45, 2.75) is 20.0 Å². The van der Waals surface area contributed by atoms with Crippen molar-refractivity contribution in [3.05, 3.63) is 98.3 Å². The first-order chi connectivity index (χ1) is 16.0. The molecule has 0 saturated carbocycles. The van der Waals surface area contributed by atoms with Crippen LogP contribution < -0.4 is 15.0 Å². The van der Waals surface area contributed by atoms with E-state index in [9.17, 15) is 9.18 Å². The summed E-state index contributed by atoms with van der Waals surface area (Å²) in [5.74, 6) is 1.27. The van der Waals surface area contributed by atoms with E-state index >= 15 is 0 Å². The zero-order valence-electron chi connectivity index (χ0n) is 18.1. The molecule has 0 fully saturated rings. The van der Waals surface area contributed by atoms with Gasteiger partial charge in [0.1, 0.15) is 18.2 Å². The van der Waals surface area contributed by atoms with Gasteiger partial charge in [-0.2, -0.15) is 9.78 Å². The number of halogens is 2. The van der Waals surface area contributed by atoms with Crippen molar-refractivity contribution in [1.82, 2.24) is 9.66 Å². The van der Waals surface area contributed by atoms with E-state index in [4.69, 9.17) is 9.47 Å². The summed E-state index contributed by atoms with van der Waals surface area (Å²) in [6.07, 6.45) is 2.12. The first-order valence-electron chi connectivity index (χ1n) is 10.3. The molecule has 0 spiro atoms. The lowest BCUT2D eigenvalue weighted by molar-refractivity contribution is 0.284. The monoisotopic (exact) mass is 509 g/mol. The minimum absolute atomic E-state index is 0.204. The maximum atomic E-state index is 13.4. The molecule has 0 unspecified atom stereocenters. The molecule has 0 atom stereocenters. The van der Waals surface area contributed by atoms with E-state index in [1.54, 1.807) is 48.7 Å². The number of ether oxygens (including phenoxy) is 2. The zero-order valence-corrected chi connectivity index (χ0v) is 19.7. The molecule has 6 nitrogen and oxygen atoms in total. The third-order valence-corrected chi connectivity index (χ3v) is 5.48. The lowest BCUT2D eigenvalue weighted by atomic mass is 10.2. The molecule has 0 aliphatic heterocycles. The average molecular weight is 510 g/mol. The van der Waals surface area contributed by atoms with Gasteiger partial charge in [0.15, 0.2) is 11.5 Å². The van der Waals surface area contributed by atoms with E-state index in [1.165, 1.54) is 23.9 Å². The summed E-state index contributed by atoms with van der Waals surface area (Å²) in [4.78, 5) is 17.6. The highest BCUT2D eigenvalue weighted by molar-refractivity contribution is 9.10. The van der Waals surface area contributed by atoms with Crippen LogP contribution in [0.4, 0.5) is 4.39 Å². The summed E-state index contributed by atoms with van der Waals surface area (Å²) in [6, 6.07) is 16.9. The first-order valence-corrected chi connectivity index (χ1v) is 11.1. The fraction of sp³-hybridized carbons (Fsp3) is 0.160. The fourth-order valence-electron chi connectivity index (χ4n) is 3.34. The van der Waals surface area contributed by atoms with Gasteiger partial charge >= 0.3 is 0 Å². The second-order valence-electron chi connectivity index (χ2n) is 7.23. The van der Waals surface area contributed by atoms with Crippen molar-refractivity contribution in [2.75, 3.05) is 7.11 Å². The number of hydrogen-bond donors (Lipinski definition) is 0. The third kappa shape index (κ3) is 5.12. The van der Waals surface area contributed by atoms with Crippen molar-refractivity contribution in [3.8, 4) is 11.5 Å². The van der Waals surface area contributed by atoms with Crippen molar-refractivity contribution >= 4 is 33.0 Å². The molecule has 1 aromatic heterocycles. The maximum absolute atomic E-state index is 13.4. The molecule has 8 heteroatoms. The SMILES string of the molecule is CCc1nc2ccc(Br)cc2c(=O)n1N=Cc1ccc(OCc2cccc(F)c2)c(OC)c1. The number of fused-ring (bicyclic) bond motifs is 1. The maximum Gasteiger partial charge on any atom is 0.282 e. The molecule has 33 heavy (non-hydrogen) atoms. The number of nitrogens with zero attached hydrogens (tertiary/aromatic N) is 3. The van der Waals surface area contributed by atoms with Gasteiger partial charge in [0.2, 0.25) is 0 Å². The molecule has 3 aromatic carbocycles. The normalized spacial score (nSPS) is 11.3. The van der Waals surface area contributed by atoms with Gasteiger partial charge in [-0.1, -0.05) is 35.0 Å². The van der Waals surface area contributed by atoms with Crippen LogP contribution in [0.25, 0.3) is 10.9 Å².